The van der Waals surface area contributed by atoms with Crippen LogP contribution < -0.4 is 10.6 Å². The molecule has 1 fully saturated rings. The molecule has 2 heterocycles. The molecule has 1 aliphatic rings. The number of thioether (sulfide) groups is 1. The van der Waals surface area contributed by atoms with Crippen molar-refractivity contribution < 1.29 is 4.79 Å². The van der Waals surface area contributed by atoms with Gasteiger partial charge in [0, 0.05) is 25.9 Å². The number of nitrogens with one attached hydrogen (secondary N) is 2. The van der Waals surface area contributed by atoms with Crippen molar-refractivity contribution in [1.82, 2.24) is 25.4 Å². The summed E-state index contributed by atoms with van der Waals surface area (Å²) in [4.78, 5) is 12.2. The van der Waals surface area contributed by atoms with Crippen LogP contribution in [0, 0.1) is 17.8 Å². The molecule has 0 spiro atoms. The molecule has 0 radical (unpaired) electrons. The Morgan fingerprint density at radius 1 is 1.37 bits per heavy atom. The van der Waals surface area contributed by atoms with E-state index in [1.165, 1.54) is 12.8 Å². The Kier molecular flexibility index (Phi) is 11.3. The van der Waals surface area contributed by atoms with Crippen molar-refractivity contribution in [2.24, 2.45) is 17.8 Å². The molecule has 2 rings (SSSR count). The number of carbonyl (C=O) groups is 1. The van der Waals surface area contributed by atoms with Crippen LogP contribution in [-0.4, -0.2) is 46.6 Å². The summed E-state index contributed by atoms with van der Waals surface area (Å²) in [7, 11) is 0. The van der Waals surface area contributed by atoms with E-state index in [2.05, 4.69) is 46.2 Å². The van der Waals surface area contributed by atoms with Crippen molar-refractivity contribution in [3.05, 3.63) is 5.82 Å². The van der Waals surface area contributed by atoms with Gasteiger partial charge < -0.3 is 15.2 Å². The Balaban J connectivity index is 0.00000364. The smallest absolute Gasteiger partial charge is 0.220 e. The lowest BCUT2D eigenvalue weighted by molar-refractivity contribution is -0.122. The van der Waals surface area contributed by atoms with Crippen LogP contribution in [0.2, 0.25) is 0 Å². The number of piperidine rings is 1. The molecule has 1 amide bonds. The van der Waals surface area contributed by atoms with Crippen LogP contribution in [0.25, 0.3) is 0 Å². The minimum Gasteiger partial charge on any atom is -0.356 e. The molecular formula is C19H36ClN5OS. The molecule has 0 bridgehead atoms. The molecule has 2 N–H and O–H groups in total. The number of aromatic nitrogens is 3. The van der Waals surface area contributed by atoms with E-state index in [9.17, 15) is 4.79 Å². The Labute approximate surface area is 174 Å². The zero-order chi connectivity index (χ0) is 18.9. The Morgan fingerprint density at radius 3 is 2.78 bits per heavy atom. The molecular weight excluding hydrogens is 382 g/mol. The normalized spacial score (nSPS) is 18.2. The third-order valence-corrected chi connectivity index (χ3v) is 5.74. The molecule has 8 heteroatoms. The molecule has 0 aliphatic carbocycles. The molecule has 6 nitrogen and oxygen atoms in total. The summed E-state index contributed by atoms with van der Waals surface area (Å²) < 4.78 is 2.22. The number of hydrogen-bond acceptors (Lipinski definition) is 5. The third kappa shape index (κ3) is 8.00. The summed E-state index contributed by atoms with van der Waals surface area (Å²) in [6.07, 6.45) is 6.88. The average Bonchev–Trinajstić information content (AvgIpc) is 3.00. The fourth-order valence-corrected chi connectivity index (χ4v) is 4.10. The summed E-state index contributed by atoms with van der Waals surface area (Å²) in [6.45, 7) is 10.4. The molecule has 27 heavy (non-hydrogen) atoms. The predicted octanol–water partition coefficient (Wildman–Crippen LogP) is 3.15. The largest absolute Gasteiger partial charge is 0.356 e. The Morgan fingerprint density at radius 2 is 2.15 bits per heavy atom. The molecule has 2 atom stereocenters. The lowest BCUT2D eigenvalue weighted by Crippen LogP contribution is -2.35. The number of halogens is 1. The van der Waals surface area contributed by atoms with Crippen molar-refractivity contribution in [2.45, 2.75) is 64.6 Å². The highest BCUT2D eigenvalue weighted by atomic mass is 35.5. The number of aryl methyl sites for hydroxylation is 1. The Hall–Kier alpha value is -0.790. The van der Waals surface area contributed by atoms with Gasteiger partial charge in [0.1, 0.15) is 5.82 Å². The van der Waals surface area contributed by atoms with Crippen LogP contribution in [0.5, 0.6) is 0 Å². The SMILES string of the molecule is CSc1nnc(CCCNC(=O)CC(C)C2CCCNC2)n1CC(C)C.Cl. The van der Waals surface area contributed by atoms with Crippen molar-refractivity contribution in [3.63, 3.8) is 0 Å². The quantitative estimate of drug-likeness (QED) is 0.452. The van der Waals surface area contributed by atoms with Gasteiger partial charge in [0.15, 0.2) is 5.16 Å². The van der Waals surface area contributed by atoms with E-state index < -0.39 is 0 Å². The van der Waals surface area contributed by atoms with E-state index >= 15 is 0 Å². The molecule has 0 saturated carbocycles. The van der Waals surface area contributed by atoms with E-state index in [1.54, 1.807) is 11.8 Å². The van der Waals surface area contributed by atoms with Crippen LogP contribution in [0.4, 0.5) is 0 Å². The highest BCUT2D eigenvalue weighted by Gasteiger charge is 2.21. The highest BCUT2D eigenvalue weighted by Crippen LogP contribution is 2.22. The fraction of sp³-hybridized carbons (Fsp3) is 0.842. The number of amides is 1. The first-order valence-corrected chi connectivity index (χ1v) is 11.2. The van der Waals surface area contributed by atoms with Crippen LogP contribution in [0.1, 0.15) is 52.3 Å². The van der Waals surface area contributed by atoms with Crippen LogP contribution in [-0.2, 0) is 17.8 Å². The van der Waals surface area contributed by atoms with Crippen molar-refractivity contribution in [3.8, 4) is 0 Å². The summed E-state index contributed by atoms with van der Waals surface area (Å²) in [6, 6.07) is 0. The minimum absolute atomic E-state index is 0. The van der Waals surface area contributed by atoms with Gasteiger partial charge >= 0.3 is 0 Å². The van der Waals surface area contributed by atoms with Gasteiger partial charge in [-0.3, -0.25) is 4.79 Å². The minimum atomic E-state index is 0. The lowest BCUT2D eigenvalue weighted by Gasteiger charge is -2.28. The first-order chi connectivity index (χ1) is 12.5. The number of hydrogen-bond donors (Lipinski definition) is 2. The standard InChI is InChI=1S/C19H35N5OS.ClH/c1-14(2)13-24-17(22-23-19(24)26-4)8-6-10-21-18(25)11-15(3)16-7-5-9-20-12-16;/h14-16,20H,5-13H2,1-4H3,(H,21,25);1H. The van der Waals surface area contributed by atoms with Gasteiger partial charge in [-0.05, 0) is 56.4 Å². The van der Waals surface area contributed by atoms with Gasteiger partial charge in [0.25, 0.3) is 0 Å². The molecule has 1 aliphatic heterocycles. The van der Waals surface area contributed by atoms with E-state index in [-0.39, 0.29) is 18.3 Å². The fourth-order valence-electron chi connectivity index (χ4n) is 3.57. The zero-order valence-electron chi connectivity index (χ0n) is 17.2. The van der Waals surface area contributed by atoms with Crippen LogP contribution >= 0.6 is 24.2 Å². The van der Waals surface area contributed by atoms with Gasteiger partial charge in [-0.1, -0.05) is 32.5 Å². The van der Waals surface area contributed by atoms with Crippen LogP contribution in [0.15, 0.2) is 5.16 Å². The average molecular weight is 418 g/mol. The predicted molar refractivity (Wildman–Crippen MR) is 115 cm³/mol. The lowest BCUT2D eigenvalue weighted by atomic mass is 9.85. The molecule has 1 aromatic rings. The molecule has 156 valence electrons. The van der Waals surface area contributed by atoms with E-state index in [1.807, 2.05) is 6.26 Å². The highest BCUT2D eigenvalue weighted by molar-refractivity contribution is 7.98. The number of carbonyl (C=O) groups excluding carboxylic acids is 1. The van der Waals surface area contributed by atoms with Crippen LogP contribution in [0.3, 0.4) is 0 Å². The van der Waals surface area contributed by atoms with Crippen molar-refractivity contribution in [2.75, 3.05) is 25.9 Å². The van der Waals surface area contributed by atoms with Crippen molar-refractivity contribution >= 4 is 30.1 Å². The number of rotatable bonds is 10. The van der Waals surface area contributed by atoms with Gasteiger partial charge in [-0.2, -0.15) is 0 Å². The summed E-state index contributed by atoms with van der Waals surface area (Å²) in [5.41, 5.74) is 0. The second kappa shape index (κ2) is 12.6. The summed E-state index contributed by atoms with van der Waals surface area (Å²) >= 11 is 1.64. The first-order valence-electron chi connectivity index (χ1n) is 9.94. The van der Waals surface area contributed by atoms with E-state index in [0.717, 1.165) is 43.5 Å². The van der Waals surface area contributed by atoms with Crippen molar-refractivity contribution in [1.29, 1.82) is 0 Å². The Bertz CT molecular complexity index is 560. The maximum absolute atomic E-state index is 12.2. The molecule has 2 unspecified atom stereocenters. The second-order valence-electron chi connectivity index (χ2n) is 7.85. The molecule has 1 saturated heterocycles. The third-order valence-electron chi connectivity index (χ3n) is 5.07. The van der Waals surface area contributed by atoms with E-state index in [4.69, 9.17) is 0 Å². The molecule has 0 aromatic carbocycles. The van der Waals surface area contributed by atoms with Gasteiger partial charge in [-0.25, -0.2) is 0 Å². The topological polar surface area (TPSA) is 71.8 Å². The number of nitrogens with zero attached hydrogens (tertiary/aromatic N) is 3. The summed E-state index contributed by atoms with van der Waals surface area (Å²) in [5, 5.41) is 16.1. The van der Waals surface area contributed by atoms with Gasteiger partial charge in [0.2, 0.25) is 5.91 Å². The van der Waals surface area contributed by atoms with Gasteiger partial charge in [-0.15, -0.1) is 22.6 Å². The van der Waals surface area contributed by atoms with E-state index in [0.29, 0.717) is 30.7 Å². The maximum atomic E-state index is 12.2. The zero-order valence-corrected chi connectivity index (χ0v) is 18.8. The molecule has 1 aromatic heterocycles. The first kappa shape index (κ1) is 24.2. The second-order valence-corrected chi connectivity index (χ2v) is 8.62. The van der Waals surface area contributed by atoms with Gasteiger partial charge in [0.05, 0.1) is 0 Å². The summed E-state index contributed by atoms with van der Waals surface area (Å²) in [5.74, 6) is 2.84. The monoisotopic (exact) mass is 417 g/mol. The maximum Gasteiger partial charge on any atom is 0.220 e.